The van der Waals surface area contributed by atoms with Gasteiger partial charge in [0.2, 0.25) is 5.78 Å². The van der Waals surface area contributed by atoms with Crippen LogP contribution in [0.3, 0.4) is 0 Å². The lowest BCUT2D eigenvalue weighted by Gasteiger charge is -2.13. The molecule has 1 aliphatic rings. The van der Waals surface area contributed by atoms with E-state index in [2.05, 4.69) is 53.4 Å². The SMILES string of the molecule is CCCCC/C=C\C/C=C\C/C=C\CCCCC(=O)OC[C@H](C)OC(=O)CCC(=O)OCCC(=O)C1(C)N=CC([N+](=O)[O-])=N1. The van der Waals surface area contributed by atoms with Crippen molar-refractivity contribution < 1.29 is 38.3 Å². The Balaban J connectivity index is 2.06. The summed E-state index contributed by atoms with van der Waals surface area (Å²) in [7, 11) is 0. The fourth-order valence-corrected chi connectivity index (χ4v) is 3.88. The van der Waals surface area contributed by atoms with E-state index in [1.165, 1.54) is 26.2 Å². The number of nitro groups is 1. The number of hydrogen-bond acceptors (Lipinski definition) is 11. The first kappa shape index (κ1) is 38.1. The van der Waals surface area contributed by atoms with Gasteiger partial charge in [-0.1, -0.05) is 56.2 Å². The van der Waals surface area contributed by atoms with Crippen molar-refractivity contribution in [2.24, 2.45) is 9.98 Å². The Morgan fingerprint density at radius 1 is 0.864 bits per heavy atom. The summed E-state index contributed by atoms with van der Waals surface area (Å²) in [4.78, 5) is 65.5. The Kier molecular flexibility index (Phi) is 19.5. The number of aliphatic imine (C=N–C) groups is 2. The normalized spacial score (nSPS) is 16.8. The van der Waals surface area contributed by atoms with Crippen LogP contribution in [0, 0.1) is 10.1 Å². The molecule has 0 saturated carbocycles. The zero-order chi connectivity index (χ0) is 32.6. The molecule has 0 N–H and O–H groups in total. The molecule has 1 aliphatic heterocycles. The van der Waals surface area contributed by atoms with Crippen molar-refractivity contribution in [3.63, 3.8) is 0 Å². The van der Waals surface area contributed by atoms with E-state index in [0.29, 0.717) is 6.42 Å². The molecule has 0 saturated heterocycles. The predicted octanol–water partition coefficient (Wildman–Crippen LogP) is 5.81. The number of allylic oxidation sites excluding steroid dienone is 6. The maximum atomic E-state index is 12.2. The van der Waals surface area contributed by atoms with Gasteiger partial charge in [0.15, 0.2) is 0 Å². The van der Waals surface area contributed by atoms with E-state index in [0.717, 1.165) is 38.3 Å². The lowest BCUT2D eigenvalue weighted by Crippen LogP contribution is -2.31. The molecule has 0 radical (unpaired) electrons. The second kappa shape index (κ2) is 22.6. The van der Waals surface area contributed by atoms with Crippen LogP contribution in [0.2, 0.25) is 0 Å². The van der Waals surface area contributed by atoms with Crippen LogP contribution < -0.4 is 0 Å². The van der Waals surface area contributed by atoms with Crippen molar-refractivity contribution in [3.05, 3.63) is 46.6 Å². The fourth-order valence-electron chi connectivity index (χ4n) is 3.88. The minimum absolute atomic E-state index is 0.0841. The van der Waals surface area contributed by atoms with Gasteiger partial charge in [-0.2, -0.15) is 0 Å². The molecule has 1 rings (SSSR count). The summed E-state index contributed by atoms with van der Waals surface area (Å²) in [6.45, 7) is 4.75. The molecule has 1 unspecified atom stereocenters. The van der Waals surface area contributed by atoms with Gasteiger partial charge in [-0.3, -0.25) is 19.2 Å². The third-order valence-corrected chi connectivity index (χ3v) is 6.44. The molecule has 0 fully saturated rings. The number of carbonyl (C=O) groups is 4. The number of rotatable bonds is 23. The molecule has 12 nitrogen and oxygen atoms in total. The van der Waals surface area contributed by atoms with Crippen LogP contribution in [0.25, 0.3) is 0 Å². The molecule has 12 heteroatoms. The molecule has 2 atom stereocenters. The second-order valence-corrected chi connectivity index (χ2v) is 10.5. The van der Waals surface area contributed by atoms with Crippen molar-refractivity contribution in [3.8, 4) is 0 Å². The van der Waals surface area contributed by atoms with Gasteiger partial charge < -0.3 is 24.3 Å². The third-order valence-electron chi connectivity index (χ3n) is 6.44. The monoisotopic (exact) mass is 617 g/mol. The van der Waals surface area contributed by atoms with E-state index >= 15 is 0 Å². The zero-order valence-corrected chi connectivity index (χ0v) is 26.2. The molecule has 0 amide bonds. The summed E-state index contributed by atoms with van der Waals surface area (Å²) >= 11 is 0. The molecule has 0 bridgehead atoms. The zero-order valence-electron chi connectivity index (χ0n) is 26.2. The highest BCUT2D eigenvalue weighted by molar-refractivity contribution is 6.28. The summed E-state index contributed by atoms with van der Waals surface area (Å²) in [6, 6.07) is 0. The average molecular weight is 618 g/mol. The van der Waals surface area contributed by atoms with Crippen LogP contribution in [0.5, 0.6) is 0 Å². The highest BCUT2D eigenvalue weighted by Gasteiger charge is 2.42. The Morgan fingerprint density at radius 3 is 2.07 bits per heavy atom. The molecule has 0 aromatic heterocycles. The van der Waals surface area contributed by atoms with E-state index in [1.807, 2.05) is 0 Å². The van der Waals surface area contributed by atoms with Gasteiger partial charge in [0.25, 0.3) is 5.66 Å². The molecule has 0 aromatic carbocycles. The minimum atomic E-state index is -1.61. The number of unbranched alkanes of at least 4 members (excludes halogenated alkanes) is 5. The van der Waals surface area contributed by atoms with E-state index in [1.54, 1.807) is 6.92 Å². The fraction of sp³-hybridized carbons (Fsp3) is 0.625. The van der Waals surface area contributed by atoms with E-state index < -0.39 is 40.2 Å². The van der Waals surface area contributed by atoms with Crippen LogP contribution in [0.4, 0.5) is 0 Å². The van der Waals surface area contributed by atoms with Gasteiger partial charge >= 0.3 is 23.7 Å². The number of ether oxygens (including phenoxy) is 3. The topological polar surface area (TPSA) is 164 Å². The minimum Gasteiger partial charge on any atom is -0.465 e. The number of Topliss-reactive ketones (excluding diaryl/α,β-unsaturated/α-hetero) is 1. The summed E-state index contributed by atoms with van der Waals surface area (Å²) in [5, 5.41) is 10.7. The lowest BCUT2D eigenvalue weighted by atomic mass is 10.1. The number of ketones is 1. The molecule has 0 aliphatic carbocycles. The molecule has 244 valence electrons. The molecule has 0 aromatic rings. The van der Waals surface area contributed by atoms with Gasteiger partial charge in [0, 0.05) is 19.8 Å². The van der Waals surface area contributed by atoms with Crippen molar-refractivity contribution in [1.82, 2.24) is 0 Å². The Bertz CT molecular complexity index is 1090. The van der Waals surface area contributed by atoms with Crippen LogP contribution in [-0.4, -0.2) is 65.6 Å². The Labute approximate surface area is 259 Å². The van der Waals surface area contributed by atoms with Gasteiger partial charge in [-0.25, -0.2) is 4.99 Å². The third kappa shape index (κ3) is 17.9. The molecule has 0 spiro atoms. The van der Waals surface area contributed by atoms with E-state index in [9.17, 15) is 29.3 Å². The molecular formula is C32H47N3O9. The second-order valence-electron chi connectivity index (χ2n) is 10.5. The first-order valence-electron chi connectivity index (χ1n) is 15.4. The molecule has 1 heterocycles. The summed E-state index contributed by atoms with van der Waals surface area (Å²) in [6.07, 6.45) is 22.0. The smallest absolute Gasteiger partial charge is 0.379 e. The largest absolute Gasteiger partial charge is 0.465 e. The first-order valence-corrected chi connectivity index (χ1v) is 15.4. The average Bonchev–Trinajstić information content (AvgIpc) is 3.40. The lowest BCUT2D eigenvalue weighted by molar-refractivity contribution is -0.345. The van der Waals surface area contributed by atoms with E-state index in [4.69, 9.17) is 14.2 Å². The van der Waals surface area contributed by atoms with Gasteiger partial charge in [-0.05, 0) is 61.8 Å². The van der Waals surface area contributed by atoms with Crippen molar-refractivity contribution in [2.45, 2.75) is 116 Å². The van der Waals surface area contributed by atoms with Crippen molar-refractivity contribution >= 4 is 35.7 Å². The number of hydrogen-bond donors (Lipinski definition) is 0. The Hall–Kier alpha value is -3.96. The van der Waals surface area contributed by atoms with Crippen LogP contribution in [-0.2, 0) is 33.4 Å². The number of carbonyl (C=O) groups excluding carboxylic acids is 4. The highest BCUT2D eigenvalue weighted by atomic mass is 16.6. The maximum Gasteiger partial charge on any atom is 0.379 e. The number of nitrogens with zero attached hydrogens (tertiary/aromatic N) is 3. The first-order chi connectivity index (χ1) is 21.1. The van der Waals surface area contributed by atoms with Gasteiger partial charge in [0.05, 0.1) is 19.4 Å². The summed E-state index contributed by atoms with van der Waals surface area (Å²) < 4.78 is 15.3. The van der Waals surface area contributed by atoms with Crippen LogP contribution in [0.1, 0.15) is 104 Å². The van der Waals surface area contributed by atoms with Crippen LogP contribution in [0.15, 0.2) is 46.4 Å². The van der Waals surface area contributed by atoms with E-state index in [-0.39, 0.29) is 44.9 Å². The van der Waals surface area contributed by atoms with Gasteiger partial charge in [0.1, 0.15) is 18.9 Å². The highest BCUT2D eigenvalue weighted by Crippen LogP contribution is 2.20. The van der Waals surface area contributed by atoms with Gasteiger partial charge in [-0.15, -0.1) is 0 Å². The summed E-state index contributed by atoms with van der Waals surface area (Å²) in [5.74, 6) is -2.80. The standard InChI is InChI=1S/C32H47N3O9/c1-4-5-6-7-8-9-10-11-12-13-14-15-16-17-18-19-29(37)43-25-26(2)44-31(39)21-20-30(38)42-23-22-27(36)32(3)33-24-28(34-32)35(40)41/h8-9,11-12,14-15,24,26H,4-7,10,13,16-23,25H2,1-3H3/b9-8-,12-11-,15-14-/t26-,32?/m0/s1. The number of esters is 3. The number of amidine groups is 1. The van der Waals surface area contributed by atoms with Crippen molar-refractivity contribution in [1.29, 1.82) is 0 Å². The predicted molar refractivity (Wildman–Crippen MR) is 167 cm³/mol. The molecular weight excluding hydrogens is 570 g/mol. The van der Waals surface area contributed by atoms with Crippen LogP contribution >= 0.6 is 0 Å². The van der Waals surface area contributed by atoms with Crippen molar-refractivity contribution in [2.75, 3.05) is 13.2 Å². The summed E-state index contributed by atoms with van der Waals surface area (Å²) in [5.41, 5.74) is -1.61. The maximum absolute atomic E-state index is 12.2. The Morgan fingerprint density at radius 2 is 1.45 bits per heavy atom. The quantitative estimate of drug-likeness (QED) is 0.0344. The molecule has 44 heavy (non-hydrogen) atoms.